The number of anilines is 1. The number of nitrogens with one attached hydrogen (secondary N) is 1. The number of hydrogen-bond acceptors (Lipinski definition) is 6. The number of aromatic nitrogens is 4. The molecule has 1 aliphatic heterocycles. The van der Waals surface area contributed by atoms with Crippen LogP contribution in [0.1, 0.15) is 16.2 Å². The second-order valence-corrected chi connectivity index (χ2v) is 7.11. The molecule has 3 heterocycles. The van der Waals surface area contributed by atoms with Crippen LogP contribution in [0.2, 0.25) is 0 Å². The van der Waals surface area contributed by atoms with E-state index >= 15 is 0 Å². The van der Waals surface area contributed by atoms with E-state index in [0.29, 0.717) is 13.1 Å². The molecule has 4 rings (SSSR count). The van der Waals surface area contributed by atoms with Gasteiger partial charge in [0, 0.05) is 56.5 Å². The van der Waals surface area contributed by atoms with Crippen LogP contribution in [-0.4, -0.2) is 57.2 Å². The molecule has 1 aromatic carbocycles. The van der Waals surface area contributed by atoms with Crippen molar-refractivity contribution >= 4 is 11.6 Å². The van der Waals surface area contributed by atoms with Crippen LogP contribution in [0.5, 0.6) is 0 Å². The van der Waals surface area contributed by atoms with E-state index in [1.54, 1.807) is 18.6 Å². The minimum Gasteiger partial charge on any atom is -0.369 e. The van der Waals surface area contributed by atoms with Crippen LogP contribution in [0.15, 0.2) is 65.8 Å². The van der Waals surface area contributed by atoms with Crippen molar-refractivity contribution in [2.75, 3.05) is 31.1 Å². The molecular formula is C21H22N6O2. The number of aromatic amines is 1. The zero-order chi connectivity index (χ0) is 20.1. The van der Waals surface area contributed by atoms with Crippen LogP contribution in [0.3, 0.4) is 0 Å². The average molecular weight is 390 g/mol. The van der Waals surface area contributed by atoms with E-state index in [4.69, 9.17) is 0 Å². The highest BCUT2D eigenvalue weighted by atomic mass is 16.2. The van der Waals surface area contributed by atoms with Gasteiger partial charge < -0.3 is 9.80 Å². The lowest BCUT2D eigenvalue weighted by Gasteiger charge is -2.25. The van der Waals surface area contributed by atoms with E-state index in [2.05, 4.69) is 37.2 Å². The third kappa shape index (κ3) is 4.66. The van der Waals surface area contributed by atoms with E-state index in [1.807, 2.05) is 23.1 Å². The molecule has 0 spiro atoms. The highest BCUT2D eigenvalue weighted by molar-refractivity contribution is 5.92. The van der Waals surface area contributed by atoms with Gasteiger partial charge in [0.05, 0.1) is 5.69 Å². The topological polar surface area (TPSA) is 95.1 Å². The summed E-state index contributed by atoms with van der Waals surface area (Å²) in [4.78, 5) is 36.9. The predicted octanol–water partition coefficient (Wildman–Crippen LogP) is 1.38. The molecule has 8 nitrogen and oxygen atoms in total. The first kappa shape index (κ1) is 18.8. The van der Waals surface area contributed by atoms with Crippen LogP contribution in [0.4, 0.5) is 5.69 Å². The van der Waals surface area contributed by atoms with Crippen molar-refractivity contribution in [1.29, 1.82) is 0 Å². The van der Waals surface area contributed by atoms with Crippen LogP contribution in [-0.2, 0) is 6.42 Å². The van der Waals surface area contributed by atoms with Gasteiger partial charge in [0.25, 0.3) is 11.5 Å². The molecule has 1 amide bonds. The molecule has 1 N–H and O–H groups in total. The Balaban J connectivity index is 1.57. The molecule has 0 radical (unpaired) electrons. The van der Waals surface area contributed by atoms with Gasteiger partial charge >= 0.3 is 0 Å². The summed E-state index contributed by atoms with van der Waals surface area (Å²) in [6.07, 6.45) is 5.84. The summed E-state index contributed by atoms with van der Waals surface area (Å²) in [5.41, 5.74) is 1.96. The van der Waals surface area contributed by atoms with Gasteiger partial charge in [-0.2, -0.15) is 5.10 Å². The Morgan fingerprint density at radius 2 is 1.93 bits per heavy atom. The Kier molecular flexibility index (Phi) is 5.60. The third-order valence-electron chi connectivity index (χ3n) is 5.02. The monoisotopic (exact) mass is 390 g/mol. The SMILES string of the molecule is O=C(c1ccc(=O)[nH]n1)N1CCN(c2ccccc2)CC(Cc2cnccn2)C1. The lowest BCUT2D eigenvalue weighted by Crippen LogP contribution is -2.37. The Bertz CT molecular complexity index is 988. The van der Waals surface area contributed by atoms with Gasteiger partial charge in [-0.3, -0.25) is 19.6 Å². The maximum absolute atomic E-state index is 13.0. The largest absolute Gasteiger partial charge is 0.369 e. The van der Waals surface area contributed by atoms with Crippen molar-refractivity contribution in [2.24, 2.45) is 5.92 Å². The smallest absolute Gasteiger partial charge is 0.274 e. The molecule has 0 saturated carbocycles. The molecule has 148 valence electrons. The lowest BCUT2D eigenvalue weighted by molar-refractivity contribution is 0.0740. The molecule has 2 aromatic heterocycles. The van der Waals surface area contributed by atoms with Crippen molar-refractivity contribution in [3.05, 3.63) is 82.8 Å². The third-order valence-corrected chi connectivity index (χ3v) is 5.02. The van der Waals surface area contributed by atoms with Gasteiger partial charge in [0.1, 0.15) is 5.69 Å². The van der Waals surface area contributed by atoms with Gasteiger partial charge in [0.2, 0.25) is 0 Å². The van der Waals surface area contributed by atoms with Crippen LogP contribution in [0.25, 0.3) is 0 Å². The number of benzene rings is 1. The quantitative estimate of drug-likeness (QED) is 0.723. The molecule has 3 aromatic rings. The molecule has 1 atom stereocenters. The molecule has 1 saturated heterocycles. The minimum atomic E-state index is -0.326. The first-order chi connectivity index (χ1) is 14.2. The van der Waals surface area contributed by atoms with Crippen LogP contribution >= 0.6 is 0 Å². The van der Waals surface area contributed by atoms with Gasteiger partial charge in [-0.25, -0.2) is 5.10 Å². The summed E-state index contributed by atoms with van der Waals surface area (Å²) in [6.45, 7) is 2.69. The Morgan fingerprint density at radius 3 is 2.66 bits per heavy atom. The molecule has 8 heteroatoms. The summed E-state index contributed by atoms with van der Waals surface area (Å²) in [6, 6.07) is 13.0. The number of H-pyrrole nitrogens is 1. The number of carbonyl (C=O) groups excluding carboxylic acids is 1. The number of carbonyl (C=O) groups is 1. The Hall–Kier alpha value is -3.55. The maximum Gasteiger partial charge on any atom is 0.274 e. The number of nitrogens with zero attached hydrogens (tertiary/aromatic N) is 5. The highest BCUT2D eigenvalue weighted by Gasteiger charge is 2.27. The summed E-state index contributed by atoms with van der Waals surface area (Å²) >= 11 is 0. The summed E-state index contributed by atoms with van der Waals surface area (Å²) in [5, 5.41) is 6.25. The average Bonchev–Trinajstić information content (AvgIpc) is 2.98. The number of para-hydroxylation sites is 1. The normalized spacial score (nSPS) is 17.0. The Labute approximate surface area is 168 Å². The molecule has 29 heavy (non-hydrogen) atoms. The fourth-order valence-electron chi connectivity index (χ4n) is 3.65. The number of hydrogen-bond donors (Lipinski definition) is 1. The number of rotatable bonds is 4. The van der Waals surface area contributed by atoms with E-state index < -0.39 is 0 Å². The molecule has 1 fully saturated rings. The van der Waals surface area contributed by atoms with Gasteiger partial charge in [-0.05, 0) is 30.5 Å². The van der Waals surface area contributed by atoms with E-state index in [-0.39, 0.29) is 23.1 Å². The van der Waals surface area contributed by atoms with Crippen LogP contribution < -0.4 is 10.5 Å². The molecule has 0 bridgehead atoms. The van der Waals surface area contributed by atoms with Crippen molar-refractivity contribution < 1.29 is 4.79 Å². The molecular weight excluding hydrogens is 368 g/mol. The van der Waals surface area contributed by atoms with Crippen molar-refractivity contribution in [3.8, 4) is 0 Å². The van der Waals surface area contributed by atoms with Crippen molar-refractivity contribution in [3.63, 3.8) is 0 Å². The maximum atomic E-state index is 13.0. The number of amides is 1. The summed E-state index contributed by atoms with van der Waals surface area (Å²) < 4.78 is 0. The highest BCUT2D eigenvalue weighted by Crippen LogP contribution is 2.21. The summed E-state index contributed by atoms with van der Waals surface area (Å²) in [5.74, 6) is 0.00132. The standard InChI is InChI=1S/C21H22N6O2/c28-20-7-6-19(24-25-20)21(29)27-11-10-26(18-4-2-1-3-5-18)14-16(15-27)12-17-13-22-8-9-23-17/h1-9,13,16H,10-12,14-15H2,(H,25,28). The zero-order valence-electron chi connectivity index (χ0n) is 15.9. The zero-order valence-corrected chi connectivity index (χ0v) is 15.9. The first-order valence-corrected chi connectivity index (χ1v) is 9.59. The van der Waals surface area contributed by atoms with Crippen LogP contribution in [0, 0.1) is 5.92 Å². The van der Waals surface area contributed by atoms with Crippen molar-refractivity contribution in [2.45, 2.75) is 6.42 Å². The van der Waals surface area contributed by atoms with Gasteiger partial charge in [-0.1, -0.05) is 18.2 Å². The predicted molar refractivity (Wildman–Crippen MR) is 109 cm³/mol. The fourth-order valence-corrected chi connectivity index (χ4v) is 3.65. The lowest BCUT2D eigenvalue weighted by atomic mass is 10.0. The van der Waals surface area contributed by atoms with Gasteiger partial charge in [0.15, 0.2) is 0 Å². The molecule has 1 aliphatic rings. The minimum absolute atomic E-state index is 0.180. The Morgan fingerprint density at radius 1 is 1.07 bits per heavy atom. The van der Waals surface area contributed by atoms with E-state index in [0.717, 1.165) is 30.9 Å². The first-order valence-electron chi connectivity index (χ1n) is 9.59. The molecule has 1 unspecified atom stereocenters. The van der Waals surface area contributed by atoms with E-state index in [1.165, 1.54) is 12.1 Å². The van der Waals surface area contributed by atoms with E-state index in [9.17, 15) is 9.59 Å². The molecule has 0 aliphatic carbocycles. The second-order valence-electron chi connectivity index (χ2n) is 7.11. The van der Waals surface area contributed by atoms with Gasteiger partial charge in [-0.15, -0.1) is 0 Å². The fraction of sp³-hybridized carbons (Fsp3) is 0.286. The summed E-state index contributed by atoms with van der Waals surface area (Å²) in [7, 11) is 0. The second kappa shape index (κ2) is 8.64. The van der Waals surface area contributed by atoms with Crippen molar-refractivity contribution in [1.82, 2.24) is 25.1 Å².